The van der Waals surface area contributed by atoms with E-state index in [2.05, 4.69) is 12.2 Å². The van der Waals surface area contributed by atoms with Crippen molar-refractivity contribution in [2.45, 2.75) is 108 Å². The summed E-state index contributed by atoms with van der Waals surface area (Å²) in [6, 6.07) is -0.862. The van der Waals surface area contributed by atoms with Crippen LogP contribution in [0.5, 0.6) is 0 Å². The van der Waals surface area contributed by atoms with Crippen molar-refractivity contribution < 1.29 is 24.6 Å². The van der Waals surface area contributed by atoms with Crippen molar-refractivity contribution in [1.29, 1.82) is 0 Å². The molecule has 33 heavy (non-hydrogen) atoms. The lowest BCUT2D eigenvalue weighted by Crippen LogP contribution is -2.45. The Hall–Kier alpha value is -1.58. The van der Waals surface area contributed by atoms with Crippen molar-refractivity contribution in [3.8, 4) is 0 Å². The number of hydrogen-bond donors (Lipinski definition) is 5. The molecular weight excluding hydrogens is 442 g/mol. The maximum Gasteiger partial charge on any atom is 0.303 e. The number of carboxylic acid groups (broad SMARTS) is 1. The van der Waals surface area contributed by atoms with Gasteiger partial charge in [0.15, 0.2) is 0 Å². The predicted molar refractivity (Wildman–Crippen MR) is 135 cm³/mol. The lowest BCUT2D eigenvalue weighted by molar-refractivity contribution is -0.137. The SMILES string of the molecule is CCCCCCCCCCCC/C=C\[C@H](SC[C@H](N)C(=O)NCC(N)=O)[C@H](O)CCC(=O)O. The van der Waals surface area contributed by atoms with Gasteiger partial charge in [0, 0.05) is 17.4 Å². The van der Waals surface area contributed by atoms with Crippen LogP contribution in [-0.4, -0.2) is 57.7 Å². The number of aliphatic carboxylic acids is 1. The molecular formula is C24H45N3O5S. The molecule has 0 saturated heterocycles. The highest BCUT2D eigenvalue weighted by Gasteiger charge is 2.21. The van der Waals surface area contributed by atoms with Gasteiger partial charge in [-0.2, -0.15) is 0 Å². The number of allylic oxidation sites excluding steroid dienone is 1. The molecule has 0 bridgehead atoms. The van der Waals surface area contributed by atoms with Gasteiger partial charge in [-0.3, -0.25) is 14.4 Å². The van der Waals surface area contributed by atoms with Crippen LogP contribution in [0.3, 0.4) is 0 Å². The van der Waals surface area contributed by atoms with Gasteiger partial charge in [0.1, 0.15) is 0 Å². The van der Waals surface area contributed by atoms with E-state index < -0.39 is 29.9 Å². The quantitative estimate of drug-likeness (QED) is 0.116. The van der Waals surface area contributed by atoms with E-state index in [4.69, 9.17) is 16.6 Å². The molecule has 3 atom stereocenters. The molecule has 0 rings (SSSR count). The summed E-state index contributed by atoms with van der Waals surface area (Å²) in [6.45, 7) is 1.95. The molecule has 0 fully saturated rings. The standard InChI is InChI=1S/C24H45N3O5S/c1-2-3-4-5-6-7-8-9-10-11-12-13-14-21(20(28)15-16-23(30)31)33-18-19(25)24(32)27-17-22(26)29/h13-14,19-21,28H,2-12,15-18,25H2,1H3,(H2,26,29)(H,27,32)(H,30,31)/b14-13-/t19-,20+,21-/m0/s1. The average molecular weight is 488 g/mol. The Morgan fingerprint density at radius 2 is 1.58 bits per heavy atom. The van der Waals surface area contributed by atoms with Gasteiger partial charge in [-0.1, -0.05) is 76.9 Å². The summed E-state index contributed by atoms with van der Waals surface area (Å²) in [6.07, 6.45) is 16.6. The first-order chi connectivity index (χ1) is 15.8. The van der Waals surface area contributed by atoms with Crippen molar-refractivity contribution in [2.24, 2.45) is 11.5 Å². The molecule has 0 aliphatic rings. The summed E-state index contributed by atoms with van der Waals surface area (Å²) in [5, 5.41) is 21.3. The van der Waals surface area contributed by atoms with Crippen LogP contribution in [0.25, 0.3) is 0 Å². The minimum atomic E-state index is -0.963. The van der Waals surface area contributed by atoms with E-state index in [1.807, 2.05) is 12.2 Å². The zero-order valence-electron chi connectivity index (χ0n) is 20.2. The number of thioether (sulfide) groups is 1. The summed E-state index contributed by atoms with van der Waals surface area (Å²) in [7, 11) is 0. The van der Waals surface area contributed by atoms with Crippen LogP contribution < -0.4 is 16.8 Å². The van der Waals surface area contributed by atoms with Crippen molar-refractivity contribution in [2.75, 3.05) is 12.3 Å². The molecule has 0 aromatic carbocycles. The third kappa shape index (κ3) is 19.6. The second-order valence-electron chi connectivity index (χ2n) is 8.49. The van der Waals surface area contributed by atoms with E-state index in [1.165, 1.54) is 69.5 Å². The Morgan fingerprint density at radius 1 is 1.00 bits per heavy atom. The number of nitrogens with two attached hydrogens (primary N) is 2. The summed E-state index contributed by atoms with van der Waals surface area (Å²) < 4.78 is 0. The molecule has 0 radical (unpaired) electrons. The number of carbonyl (C=O) groups excluding carboxylic acids is 2. The number of aliphatic hydroxyl groups excluding tert-OH is 1. The van der Waals surface area contributed by atoms with Crippen LogP contribution in [0.1, 0.15) is 90.4 Å². The minimum Gasteiger partial charge on any atom is -0.481 e. The van der Waals surface area contributed by atoms with Gasteiger partial charge in [0.2, 0.25) is 11.8 Å². The topological polar surface area (TPSA) is 156 Å². The summed E-state index contributed by atoms with van der Waals surface area (Å²) in [4.78, 5) is 33.5. The highest BCUT2D eigenvalue weighted by molar-refractivity contribution is 8.00. The van der Waals surface area contributed by atoms with Crippen LogP contribution in [0.2, 0.25) is 0 Å². The third-order valence-electron chi connectivity index (χ3n) is 5.33. The molecule has 0 aromatic heterocycles. The molecule has 8 nitrogen and oxygen atoms in total. The van der Waals surface area contributed by atoms with Crippen molar-refractivity contribution in [3.05, 3.63) is 12.2 Å². The van der Waals surface area contributed by atoms with Crippen LogP contribution in [0, 0.1) is 0 Å². The van der Waals surface area contributed by atoms with E-state index in [0.29, 0.717) is 0 Å². The third-order valence-corrected chi connectivity index (χ3v) is 6.73. The maximum atomic E-state index is 11.9. The monoisotopic (exact) mass is 487 g/mol. The molecule has 0 aliphatic heterocycles. The molecule has 192 valence electrons. The molecule has 2 amide bonds. The summed E-state index contributed by atoms with van der Waals surface area (Å²) in [5.41, 5.74) is 10.9. The van der Waals surface area contributed by atoms with Gasteiger partial charge in [-0.05, 0) is 19.3 Å². The molecule has 0 saturated carbocycles. The fourth-order valence-electron chi connectivity index (χ4n) is 3.31. The molecule has 0 aromatic rings. The minimum absolute atomic E-state index is 0.124. The Balaban J connectivity index is 4.32. The van der Waals surface area contributed by atoms with Crippen LogP contribution in [-0.2, 0) is 14.4 Å². The normalized spacial score (nSPS) is 14.2. The average Bonchev–Trinajstić information content (AvgIpc) is 2.78. The predicted octanol–water partition coefficient (Wildman–Crippen LogP) is 3.11. The summed E-state index contributed by atoms with van der Waals surface area (Å²) >= 11 is 1.30. The van der Waals surface area contributed by atoms with Crippen molar-refractivity contribution in [3.63, 3.8) is 0 Å². The largest absolute Gasteiger partial charge is 0.481 e. The number of unbranched alkanes of at least 4 members (excludes halogenated alkanes) is 10. The highest BCUT2D eigenvalue weighted by Crippen LogP contribution is 2.21. The van der Waals surface area contributed by atoms with Crippen LogP contribution in [0.4, 0.5) is 0 Å². The fraction of sp³-hybridized carbons (Fsp3) is 0.792. The maximum absolute atomic E-state index is 11.9. The first kappa shape index (κ1) is 31.4. The second-order valence-corrected chi connectivity index (χ2v) is 9.70. The van der Waals surface area contributed by atoms with Gasteiger partial charge in [-0.15, -0.1) is 11.8 Å². The van der Waals surface area contributed by atoms with Crippen LogP contribution in [0.15, 0.2) is 12.2 Å². The first-order valence-corrected chi connectivity index (χ1v) is 13.3. The Labute approximate surface area is 203 Å². The van der Waals surface area contributed by atoms with Crippen LogP contribution >= 0.6 is 11.8 Å². The zero-order valence-corrected chi connectivity index (χ0v) is 21.0. The Bertz CT molecular complexity index is 574. The molecule has 0 heterocycles. The highest BCUT2D eigenvalue weighted by atomic mass is 32.2. The fourth-order valence-corrected chi connectivity index (χ4v) is 4.47. The Morgan fingerprint density at radius 3 is 2.12 bits per heavy atom. The molecule has 7 N–H and O–H groups in total. The van der Waals surface area contributed by atoms with Gasteiger partial charge in [0.05, 0.1) is 18.7 Å². The van der Waals surface area contributed by atoms with Gasteiger partial charge < -0.3 is 27.0 Å². The van der Waals surface area contributed by atoms with E-state index in [1.54, 1.807) is 0 Å². The lowest BCUT2D eigenvalue weighted by Gasteiger charge is -2.21. The molecule has 0 aliphatic carbocycles. The number of rotatable bonds is 22. The number of carbonyl (C=O) groups is 3. The van der Waals surface area contributed by atoms with Gasteiger partial charge in [0.25, 0.3) is 0 Å². The number of hydrogen-bond acceptors (Lipinski definition) is 6. The molecule has 9 heteroatoms. The smallest absolute Gasteiger partial charge is 0.303 e. The number of primary amides is 1. The molecule has 0 spiro atoms. The van der Waals surface area contributed by atoms with E-state index >= 15 is 0 Å². The van der Waals surface area contributed by atoms with E-state index in [9.17, 15) is 19.5 Å². The zero-order chi connectivity index (χ0) is 24.9. The summed E-state index contributed by atoms with van der Waals surface area (Å²) in [5.74, 6) is -1.88. The van der Waals surface area contributed by atoms with Gasteiger partial charge in [-0.25, -0.2) is 0 Å². The van der Waals surface area contributed by atoms with Gasteiger partial charge >= 0.3 is 5.97 Å². The van der Waals surface area contributed by atoms with Crippen molar-refractivity contribution in [1.82, 2.24) is 5.32 Å². The lowest BCUT2D eigenvalue weighted by atomic mass is 10.1. The Kier molecular flexibility index (Phi) is 20.0. The number of carboxylic acids is 1. The first-order valence-electron chi connectivity index (χ1n) is 12.3. The van der Waals surface area contributed by atoms with E-state index in [0.717, 1.165) is 12.8 Å². The molecule has 0 unspecified atom stereocenters. The second kappa shape index (κ2) is 21.0. The number of nitrogens with one attached hydrogen (secondary N) is 1. The number of aliphatic hydroxyl groups is 1. The van der Waals surface area contributed by atoms with Crippen molar-refractivity contribution >= 4 is 29.5 Å². The van der Waals surface area contributed by atoms with E-state index in [-0.39, 0.29) is 30.4 Å². The number of amides is 2.